The van der Waals surface area contributed by atoms with Crippen molar-refractivity contribution in [2.24, 2.45) is 5.10 Å². The van der Waals surface area contributed by atoms with Gasteiger partial charge in [0.1, 0.15) is 5.52 Å². The van der Waals surface area contributed by atoms with Crippen LogP contribution in [-0.2, 0) is 0 Å². The molecule has 0 aliphatic carbocycles. The number of aromatic nitrogens is 1. The van der Waals surface area contributed by atoms with E-state index >= 15 is 0 Å². The number of hydrogen-bond acceptors (Lipinski definition) is 4. The third-order valence-electron chi connectivity index (χ3n) is 2.59. The zero-order valence-electron chi connectivity index (χ0n) is 10.2. The Bertz CT molecular complexity index is 766. The number of hydrazone groups is 1. The van der Waals surface area contributed by atoms with E-state index in [4.69, 9.17) is 27.6 Å². The molecule has 4 nitrogen and oxygen atoms in total. The van der Waals surface area contributed by atoms with Crippen molar-refractivity contribution in [3.05, 3.63) is 58.1 Å². The van der Waals surface area contributed by atoms with Gasteiger partial charge in [0.25, 0.3) is 0 Å². The maximum absolute atomic E-state index is 5.88. The third-order valence-corrected chi connectivity index (χ3v) is 3.08. The van der Waals surface area contributed by atoms with E-state index < -0.39 is 0 Å². The van der Waals surface area contributed by atoms with Gasteiger partial charge < -0.3 is 4.42 Å². The summed E-state index contributed by atoms with van der Waals surface area (Å²) >= 11 is 11.7. The summed E-state index contributed by atoms with van der Waals surface area (Å²) in [6, 6.07) is 12.9. The molecule has 3 aromatic rings. The molecule has 6 heteroatoms. The summed E-state index contributed by atoms with van der Waals surface area (Å²) in [6.07, 6.45) is 1.65. The minimum atomic E-state index is 0.312. The van der Waals surface area contributed by atoms with Crippen LogP contribution in [-0.4, -0.2) is 11.2 Å². The number of fused-ring (bicyclic) bond motifs is 1. The molecule has 0 saturated carbocycles. The van der Waals surface area contributed by atoms with Crippen molar-refractivity contribution >= 4 is 46.5 Å². The molecule has 3 rings (SSSR count). The van der Waals surface area contributed by atoms with Crippen LogP contribution in [0.25, 0.3) is 11.1 Å². The molecule has 0 bridgehead atoms. The molecule has 1 N–H and O–H groups in total. The van der Waals surface area contributed by atoms with E-state index in [1.165, 1.54) is 0 Å². The molecule has 0 radical (unpaired) electrons. The standard InChI is InChI=1S/C14H9Cl2N3O/c15-10-3-1-9(2-4-10)8-17-19-14-18-12-6-5-11(16)7-13(12)20-14/h1-8H,(H,18,19)/b17-8+. The predicted octanol–water partition coefficient (Wildman–Crippen LogP) is 4.58. The van der Waals surface area contributed by atoms with Gasteiger partial charge in [-0.2, -0.15) is 10.1 Å². The fraction of sp³-hybridized carbons (Fsp3) is 0. The fourth-order valence-corrected chi connectivity index (χ4v) is 1.95. The molecule has 2 aromatic carbocycles. The van der Waals surface area contributed by atoms with Gasteiger partial charge in [-0.25, -0.2) is 5.43 Å². The van der Waals surface area contributed by atoms with Gasteiger partial charge in [0, 0.05) is 16.1 Å². The van der Waals surface area contributed by atoms with Crippen LogP contribution >= 0.6 is 23.2 Å². The monoisotopic (exact) mass is 305 g/mol. The Balaban J connectivity index is 1.74. The zero-order valence-corrected chi connectivity index (χ0v) is 11.7. The van der Waals surface area contributed by atoms with Gasteiger partial charge in [-0.05, 0) is 29.8 Å². The molecule has 1 heterocycles. The second-order valence-electron chi connectivity index (χ2n) is 4.05. The summed E-state index contributed by atoms with van der Waals surface area (Å²) in [5.74, 6) is 0. The van der Waals surface area contributed by atoms with Crippen LogP contribution in [0.1, 0.15) is 5.56 Å². The first-order valence-electron chi connectivity index (χ1n) is 5.81. The van der Waals surface area contributed by atoms with Crippen molar-refractivity contribution in [1.29, 1.82) is 0 Å². The van der Waals surface area contributed by atoms with E-state index in [0.29, 0.717) is 21.6 Å². The first-order chi connectivity index (χ1) is 9.70. The largest absolute Gasteiger partial charge is 0.422 e. The van der Waals surface area contributed by atoms with Gasteiger partial charge >= 0.3 is 6.01 Å². The smallest absolute Gasteiger partial charge is 0.316 e. The molecule has 0 aliphatic heterocycles. The Hall–Kier alpha value is -2.04. The molecular formula is C14H9Cl2N3O. The highest BCUT2D eigenvalue weighted by Gasteiger charge is 2.04. The first-order valence-corrected chi connectivity index (χ1v) is 6.57. The summed E-state index contributed by atoms with van der Waals surface area (Å²) in [5, 5.41) is 5.34. The molecule has 0 unspecified atom stereocenters. The summed E-state index contributed by atoms with van der Waals surface area (Å²) < 4.78 is 5.46. The highest BCUT2D eigenvalue weighted by molar-refractivity contribution is 6.31. The van der Waals surface area contributed by atoms with Gasteiger partial charge in [0.05, 0.1) is 6.21 Å². The summed E-state index contributed by atoms with van der Waals surface area (Å²) in [4.78, 5) is 4.23. The predicted molar refractivity (Wildman–Crippen MR) is 81.7 cm³/mol. The second kappa shape index (κ2) is 5.53. The van der Waals surface area contributed by atoms with E-state index in [9.17, 15) is 0 Å². The van der Waals surface area contributed by atoms with Crippen molar-refractivity contribution in [3.63, 3.8) is 0 Å². The lowest BCUT2D eigenvalue weighted by Crippen LogP contribution is -1.90. The van der Waals surface area contributed by atoms with Crippen LogP contribution in [0.2, 0.25) is 10.0 Å². The first kappa shape index (κ1) is 13.0. The van der Waals surface area contributed by atoms with Crippen molar-refractivity contribution in [3.8, 4) is 0 Å². The lowest BCUT2D eigenvalue weighted by Gasteiger charge is -1.93. The van der Waals surface area contributed by atoms with Crippen LogP contribution in [0.3, 0.4) is 0 Å². The van der Waals surface area contributed by atoms with Crippen molar-refractivity contribution in [2.75, 3.05) is 5.43 Å². The van der Waals surface area contributed by atoms with Crippen LogP contribution in [0, 0.1) is 0 Å². The molecule has 20 heavy (non-hydrogen) atoms. The van der Waals surface area contributed by atoms with Crippen LogP contribution in [0.15, 0.2) is 52.0 Å². The number of oxazole rings is 1. The van der Waals surface area contributed by atoms with E-state index in [1.807, 2.05) is 12.1 Å². The number of anilines is 1. The molecular weight excluding hydrogens is 297 g/mol. The van der Waals surface area contributed by atoms with E-state index in [1.54, 1.807) is 36.5 Å². The highest BCUT2D eigenvalue weighted by Crippen LogP contribution is 2.22. The minimum absolute atomic E-state index is 0.312. The van der Waals surface area contributed by atoms with Gasteiger partial charge in [0.15, 0.2) is 5.58 Å². The Morgan fingerprint density at radius 3 is 2.60 bits per heavy atom. The molecule has 0 fully saturated rings. The summed E-state index contributed by atoms with van der Waals surface area (Å²) in [6.45, 7) is 0. The topological polar surface area (TPSA) is 50.4 Å². The molecule has 0 spiro atoms. The Kier molecular flexibility index (Phi) is 3.58. The minimum Gasteiger partial charge on any atom is -0.422 e. The number of halogens is 2. The Morgan fingerprint density at radius 2 is 1.80 bits per heavy atom. The van der Waals surface area contributed by atoms with Gasteiger partial charge in [-0.15, -0.1) is 0 Å². The number of hydrogen-bond donors (Lipinski definition) is 1. The van der Waals surface area contributed by atoms with Crippen molar-refractivity contribution in [1.82, 2.24) is 4.98 Å². The number of rotatable bonds is 3. The number of nitrogens with zero attached hydrogens (tertiary/aromatic N) is 2. The lowest BCUT2D eigenvalue weighted by molar-refractivity contribution is 0.617. The fourth-order valence-electron chi connectivity index (χ4n) is 1.66. The Labute approximate surface area is 125 Å². The quantitative estimate of drug-likeness (QED) is 0.569. The second-order valence-corrected chi connectivity index (χ2v) is 4.93. The highest BCUT2D eigenvalue weighted by atomic mass is 35.5. The molecule has 0 atom stereocenters. The van der Waals surface area contributed by atoms with Gasteiger partial charge in [-0.3, -0.25) is 0 Å². The van der Waals surface area contributed by atoms with Crippen LogP contribution < -0.4 is 5.43 Å². The number of benzene rings is 2. The molecule has 1 aromatic heterocycles. The molecule has 100 valence electrons. The average Bonchev–Trinajstić information content (AvgIpc) is 2.83. The Morgan fingerprint density at radius 1 is 1.05 bits per heavy atom. The maximum Gasteiger partial charge on any atom is 0.316 e. The zero-order chi connectivity index (χ0) is 13.9. The molecule has 0 aliphatic rings. The molecule has 0 saturated heterocycles. The summed E-state index contributed by atoms with van der Waals surface area (Å²) in [7, 11) is 0. The van der Waals surface area contributed by atoms with Gasteiger partial charge in [-0.1, -0.05) is 35.3 Å². The summed E-state index contributed by atoms with van der Waals surface area (Å²) in [5.41, 5.74) is 4.98. The molecule has 0 amide bonds. The van der Waals surface area contributed by atoms with E-state index in [-0.39, 0.29) is 0 Å². The number of nitrogens with one attached hydrogen (secondary N) is 1. The average molecular weight is 306 g/mol. The van der Waals surface area contributed by atoms with Crippen LogP contribution in [0.5, 0.6) is 0 Å². The normalized spacial score (nSPS) is 11.3. The SMILES string of the molecule is Clc1ccc(/C=N/Nc2nc3ccc(Cl)cc3o2)cc1. The van der Waals surface area contributed by atoms with E-state index in [2.05, 4.69) is 15.5 Å². The van der Waals surface area contributed by atoms with Crippen molar-refractivity contribution < 1.29 is 4.42 Å². The van der Waals surface area contributed by atoms with Crippen LogP contribution in [0.4, 0.5) is 6.01 Å². The maximum atomic E-state index is 5.88. The van der Waals surface area contributed by atoms with Crippen molar-refractivity contribution in [2.45, 2.75) is 0 Å². The van der Waals surface area contributed by atoms with E-state index in [0.717, 1.165) is 11.1 Å². The van der Waals surface area contributed by atoms with Gasteiger partial charge in [0.2, 0.25) is 0 Å². The lowest BCUT2D eigenvalue weighted by atomic mass is 10.2. The third kappa shape index (κ3) is 2.92.